The van der Waals surface area contributed by atoms with Crippen molar-refractivity contribution in [1.82, 2.24) is 4.98 Å². The molecule has 0 unspecified atom stereocenters. The molecule has 0 spiro atoms. The van der Waals surface area contributed by atoms with Crippen LogP contribution in [0.2, 0.25) is 5.15 Å². The molecule has 0 N–H and O–H groups in total. The minimum absolute atomic E-state index is 0.0978. The summed E-state index contributed by atoms with van der Waals surface area (Å²) in [5, 5.41) is 0.570. The van der Waals surface area contributed by atoms with E-state index in [1.807, 2.05) is 18.2 Å². The Morgan fingerprint density at radius 1 is 1.14 bits per heavy atom. The fourth-order valence-corrected chi connectivity index (χ4v) is 3.74. The third-order valence-corrected chi connectivity index (χ3v) is 5.05. The first-order valence-corrected chi connectivity index (χ1v) is 7.95. The van der Waals surface area contributed by atoms with E-state index in [9.17, 15) is 4.39 Å². The molecule has 2 fully saturated rings. The lowest BCUT2D eigenvalue weighted by atomic mass is 10.0. The van der Waals surface area contributed by atoms with Crippen LogP contribution < -0.4 is 0 Å². The van der Waals surface area contributed by atoms with Gasteiger partial charge in [0, 0.05) is 11.6 Å². The molecule has 0 bridgehead atoms. The van der Waals surface area contributed by atoms with Crippen molar-refractivity contribution in [3.63, 3.8) is 0 Å². The largest absolute Gasteiger partial charge is 0.241 e. The third kappa shape index (κ3) is 2.36. The quantitative estimate of drug-likeness (QED) is 0.704. The summed E-state index contributed by atoms with van der Waals surface area (Å²) in [6.45, 7) is 2.19. The summed E-state index contributed by atoms with van der Waals surface area (Å²) in [7, 11) is 0. The second-order valence-corrected chi connectivity index (χ2v) is 6.74. The number of nitrogens with zero attached hydrogens (tertiary/aromatic N) is 1. The number of rotatable bonds is 3. The molecule has 4 rings (SSSR count). The Labute approximate surface area is 129 Å². The topological polar surface area (TPSA) is 12.9 Å². The number of pyridine rings is 1. The summed E-state index contributed by atoms with van der Waals surface area (Å²) >= 11 is 6.18. The molecule has 1 aromatic heterocycles. The molecule has 1 aromatic carbocycles. The zero-order valence-electron chi connectivity index (χ0n) is 11.9. The van der Waals surface area contributed by atoms with Crippen LogP contribution in [0.1, 0.15) is 54.3 Å². The fraction of sp³-hybridized carbons (Fsp3) is 0.389. The van der Waals surface area contributed by atoms with Crippen molar-refractivity contribution in [2.45, 2.75) is 37.5 Å². The SMILES string of the molecule is C[C@H]1[C@H](c2cc(Cl)nc(C3CC3)c2)[C@H]1c1ccccc1F. The molecule has 2 aliphatic carbocycles. The van der Waals surface area contributed by atoms with Crippen molar-refractivity contribution < 1.29 is 4.39 Å². The summed E-state index contributed by atoms with van der Waals surface area (Å²) in [6, 6.07) is 11.2. The lowest BCUT2D eigenvalue weighted by Gasteiger charge is -2.06. The van der Waals surface area contributed by atoms with Gasteiger partial charge in [0.25, 0.3) is 0 Å². The third-order valence-electron chi connectivity index (χ3n) is 4.86. The maximum absolute atomic E-state index is 14.0. The highest BCUT2D eigenvalue weighted by molar-refractivity contribution is 6.29. The van der Waals surface area contributed by atoms with Gasteiger partial charge in [-0.2, -0.15) is 0 Å². The van der Waals surface area contributed by atoms with Crippen molar-refractivity contribution in [3.05, 3.63) is 64.2 Å². The second-order valence-electron chi connectivity index (χ2n) is 6.35. The van der Waals surface area contributed by atoms with Crippen LogP contribution in [0, 0.1) is 11.7 Å². The first-order valence-electron chi connectivity index (χ1n) is 7.57. The van der Waals surface area contributed by atoms with Gasteiger partial charge in [-0.05, 0) is 59.9 Å². The molecular formula is C18H17ClFN. The van der Waals surface area contributed by atoms with Gasteiger partial charge in [-0.25, -0.2) is 9.37 Å². The van der Waals surface area contributed by atoms with E-state index in [0.29, 0.717) is 22.9 Å². The van der Waals surface area contributed by atoms with E-state index in [1.54, 1.807) is 12.1 Å². The van der Waals surface area contributed by atoms with Gasteiger partial charge in [-0.15, -0.1) is 0 Å². The Morgan fingerprint density at radius 3 is 2.62 bits per heavy atom. The molecule has 0 amide bonds. The van der Waals surface area contributed by atoms with Gasteiger partial charge >= 0.3 is 0 Å². The van der Waals surface area contributed by atoms with E-state index in [1.165, 1.54) is 18.4 Å². The number of benzene rings is 1. The molecule has 108 valence electrons. The van der Waals surface area contributed by atoms with Crippen molar-refractivity contribution in [2.75, 3.05) is 0 Å². The molecule has 0 saturated heterocycles. The van der Waals surface area contributed by atoms with Gasteiger partial charge in [0.05, 0.1) is 0 Å². The first kappa shape index (κ1) is 13.3. The Kier molecular flexibility index (Phi) is 3.04. The lowest BCUT2D eigenvalue weighted by molar-refractivity contribution is 0.607. The van der Waals surface area contributed by atoms with Crippen molar-refractivity contribution >= 4 is 11.6 Å². The van der Waals surface area contributed by atoms with Gasteiger partial charge < -0.3 is 0 Å². The summed E-state index contributed by atoms with van der Waals surface area (Å²) in [6.07, 6.45) is 2.42. The molecule has 2 saturated carbocycles. The second kappa shape index (κ2) is 4.81. The highest BCUT2D eigenvalue weighted by Gasteiger charge is 2.49. The van der Waals surface area contributed by atoms with Crippen LogP contribution in [0.3, 0.4) is 0 Å². The van der Waals surface area contributed by atoms with E-state index in [0.717, 1.165) is 11.3 Å². The molecule has 1 heterocycles. The van der Waals surface area contributed by atoms with E-state index in [4.69, 9.17) is 11.6 Å². The van der Waals surface area contributed by atoms with Crippen LogP contribution in [0.25, 0.3) is 0 Å². The molecule has 0 radical (unpaired) electrons. The van der Waals surface area contributed by atoms with Crippen LogP contribution in [0.15, 0.2) is 36.4 Å². The number of hydrogen-bond acceptors (Lipinski definition) is 1. The standard InChI is InChI=1S/C18H17ClFN/c1-10-17(18(10)13-4-2-3-5-14(13)20)12-8-15(11-6-7-11)21-16(19)9-12/h2-5,8-11,17-18H,6-7H2,1H3/t10-,17+,18+/m0/s1. The zero-order chi connectivity index (χ0) is 14.6. The minimum atomic E-state index is -0.0978. The van der Waals surface area contributed by atoms with Crippen molar-refractivity contribution in [3.8, 4) is 0 Å². The van der Waals surface area contributed by atoms with Crippen LogP contribution in [0.4, 0.5) is 4.39 Å². The average Bonchev–Trinajstić information content (AvgIpc) is 3.34. The van der Waals surface area contributed by atoms with Crippen LogP contribution in [-0.2, 0) is 0 Å². The first-order chi connectivity index (χ1) is 10.1. The zero-order valence-corrected chi connectivity index (χ0v) is 12.6. The summed E-state index contributed by atoms with van der Waals surface area (Å²) in [5.74, 6) is 1.56. The van der Waals surface area contributed by atoms with Gasteiger partial charge in [0.2, 0.25) is 0 Å². The Morgan fingerprint density at radius 2 is 1.90 bits per heavy atom. The normalized spacial score (nSPS) is 27.7. The van der Waals surface area contributed by atoms with Gasteiger partial charge in [0.1, 0.15) is 11.0 Å². The van der Waals surface area contributed by atoms with Crippen LogP contribution >= 0.6 is 11.6 Å². The van der Waals surface area contributed by atoms with E-state index in [2.05, 4.69) is 18.0 Å². The van der Waals surface area contributed by atoms with Gasteiger partial charge in [-0.1, -0.05) is 36.7 Å². The molecule has 1 nitrogen and oxygen atoms in total. The predicted octanol–water partition coefficient (Wildman–Crippen LogP) is 5.27. The molecule has 3 heteroatoms. The van der Waals surface area contributed by atoms with Crippen LogP contribution in [0.5, 0.6) is 0 Å². The summed E-state index contributed by atoms with van der Waals surface area (Å²) < 4.78 is 14.0. The molecular weight excluding hydrogens is 285 g/mol. The fourth-order valence-electron chi connectivity index (χ4n) is 3.51. The van der Waals surface area contributed by atoms with E-state index in [-0.39, 0.29) is 11.7 Å². The number of halogens is 2. The Bertz CT molecular complexity index is 695. The highest BCUT2D eigenvalue weighted by atomic mass is 35.5. The molecule has 2 aliphatic rings. The summed E-state index contributed by atoms with van der Waals surface area (Å²) in [4.78, 5) is 4.44. The summed E-state index contributed by atoms with van der Waals surface area (Å²) in [5.41, 5.74) is 3.16. The molecule has 21 heavy (non-hydrogen) atoms. The molecule has 2 aromatic rings. The Balaban J connectivity index is 1.67. The predicted molar refractivity (Wildman–Crippen MR) is 82.3 cm³/mol. The van der Waals surface area contributed by atoms with Crippen molar-refractivity contribution in [1.29, 1.82) is 0 Å². The molecule has 3 atom stereocenters. The maximum Gasteiger partial charge on any atom is 0.129 e. The smallest absolute Gasteiger partial charge is 0.129 e. The van der Waals surface area contributed by atoms with Gasteiger partial charge in [-0.3, -0.25) is 0 Å². The average molecular weight is 302 g/mol. The minimum Gasteiger partial charge on any atom is -0.241 e. The van der Waals surface area contributed by atoms with Crippen molar-refractivity contribution in [2.24, 2.45) is 5.92 Å². The number of hydrogen-bond donors (Lipinski definition) is 0. The maximum atomic E-state index is 14.0. The Hall–Kier alpha value is -1.41. The van der Waals surface area contributed by atoms with Crippen LogP contribution in [-0.4, -0.2) is 4.98 Å². The van der Waals surface area contributed by atoms with E-state index >= 15 is 0 Å². The van der Waals surface area contributed by atoms with Gasteiger partial charge in [0.15, 0.2) is 0 Å². The number of aromatic nitrogens is 1. The monoisotopic (exact) mass is 301 g/mol. The highest BCUT2D eigenvalue weighted by Crippen LogP contribution is 2.61. The molecule has 0 aliphatic heterocycles. The lowest BCUT2D eigenvalue weighted by Crippen LogP contribution is -1.93. The van der Waals surface area contributed by atoms with E-state index < -0.39 is 0 Å².